The maximum absolute atomic E-state index is 14.1. The minimum absolute atomic E-state index is 0.177. The minimum atomic E-state index is -0.384. The van der Waals surface area contributed by atoms with Crippen molar-refractivity contribution in [1.82, 2.24) is 0 Å². The van der Waals surface area contributed by atoms with Crippen LogP contribution in [0.3, 0.4) is 0 Å². The lowest BCUT2D eigenvalue weighted by Gasteiger charge is -2.29. The molecule has 1 atom stereocenters. The summed E-state index contributed by atoms with van der Waals surface area (Å²) in [4.78, 5) is 0. The van der Waals surface area contributed by atoms with E-state index in [1.807, 2.05) is 19.1 Å². The van der Waals surface area contributed by atoms with Crippen molar-refractivity contribution in [3.63, 3.8) is 0 Å². The van der Waals surface area contributed by atoms with Crippen molar-refractivity contribution < 1.29 is 4.39 Å². The van der Waals surface area contributed by atoms with Crippen molar-refractivity contribution >= 4 is 0 Å². The number of hydrogen-bond acceptors (Lipinski definition) is 1. The molecule has 2 rings (SSSR count). The van der Waals surface area contributed by atoms with Crippen LogP contribution in [-0.2, 0) is 11.8 Å². The Hall–Kier alpha value is -1.67. The molecule has 0 saturated carbocycles. The van der Waals surface area contributed by atoms with Crippen LogP contribution in [0.5, 0.6) is 0 Å². The van der Waals surface area contributed by atoms with E-state index in [0.29, 0.717) is 18.0 Å². The number of hydrogen-bond donors (Lipinski definition) is 1. The molecule has 0 spiro atoms. The monoisotopic (exact) mass is 285 g/mol. The van der Waals surface area contributed by atoms with E-state index >= 15 is 0 Å². The molecule has 1 unspecified atom stereocenters. The molecule has 0 radical (unpaired) electrons. The Morgan fingerprint density at radius 3 is 2.19 bits per heavy atom. The Bertz CT molecular complexity index is 589. The minimum Gasteiger partial charge on any atom is -0.330 e. The smallest absolute Gasteiger partial charge is 0.127 e. The summed E-state index contributed by atoms with van der Waals surface area (Å²) in [5.74, 6) is 0.343. The Labute approximate surface area is 127 Å². The van der Waals surface area contributed by atoms with Gasteiger partial charge in [-0.1, -0.05) is 63.2 Å². The normalized spacial score (nSPS) is 14.2. The van der Waals surface area contributed by atoms with Crippen LogP contribution in [0.2, 0.25) is 0 Å². The summed E-state index contributed by atoms with van der Waals surface area (Å²) in [5, 5.41) is 0. The molecule has 0 saturated heterocycles. The predicted molar refractivity (Wildman–Crippen MR) is 87.0 cm³/mol. The molecule has 21 heavy (non-hydrogen) atoms. The molecule has 0 aliphatic carbocycles. The second-order valence-corrected chi connectivity index (χ2v) is 6.32. The molecule has 0 aliphatic heterocycles. The van der Waals surface area contributed by atoms with Crippen molar-refractivity contribution in [3.8, 4) is 0 Å². The van der Waals surface area contributed by atoms with Gasteiger partial charge in [-0.25, -0.2) is 4.39 Å². The van der Waals surface area contributed by atoms with Gasteiger partial charge in [-0.05, 0) is 35.1 Å². The van der Waals surface area contributed by atoms with Crippen LogP contribution < -0.4 is 5.73 Å². The fourth-order valence-electron chi connectivity index (χ4n) is 2.70. The second-order valence-electron chi connectivity index (χ2n) is 6.32. The van der Waals surface area contributed by atoms with Gasteiger partial charge in [0, 0.05) is 12.0 Å². The molecule has 2 N–H and O–H groups in total. The summed E-state index contributed by atoms with van der Waals surface area (Å²) in [5.41, 5.74) is 8.79. The topological polar surface area (TPSA) is 26.0 Å². The van der Waals surface area contributed by atoms with Gasteiger partial charge in [0.25, 0.3) is 0 Å². The van der Waals surface area contributed by atoms with E-state index in [1.165, 1.54) is 17.2 Å². The van der Waals surface area contributed by atoms with Crippen LogP contribution in [0.1, 0.15) is 43.4 Å². The fraction of sp³-hybridized carbons (Fsp3) is 0.368. The third-order valence-electron chi connectivity index (χ3n) is 4.22. The van der Waals surface area contributed by atoms with Gasteiger partial charge < -0.3 is 5.73 Å². The maximum Gasteiger partial charge on any atom is 0.127 e. The number of nitrogens with two attached hydrogens (primary N) is 1. The Morgan fingerprint density at radius 1 is 1.05 bits per heavy atom. The summed E-state index contributed by atoms with van der Waals surface area (Å²) in [6.45, 7) is 6.80. The van der Waals surface area contributed by atoms with Gasteiger partial charge in [0.05, 0.1) is 0 Å². The van der Waals surface area contributed by atoms with Gasteiger partial charge in [-0.15, -0.1) is 0 Å². The van der Waals surface area contributed by atoms with E-state index in [4.69, 9.17) is 5.73 Å². The van der Waals surface area contributed by atoms with E-state index in [1.54, 1.807) is 6.07 Å². The summed E-state index contributed by atoms with van der Waals surface area (Å²) in [7, 11) is 0. The van der Waals surface area contributed by atoms with E-state index in [2.05, 4.69) is 38.1 Å². The molecule has 2 aromatic rings. The van der Waals surface area contributed by atoms with Gasteiger partial charge in [-0.2, -0.15) is 0 Å². The molecule has 0 fully saturated rings. The zero-order valence-corrected chi connectivity index (χ0v) is 13.1. The first-order valence-corrected chi connectivity index (χ1v) is 7.50. The van der Waals surface area contributed by atoms with E-state index < -0.39 is 0 Å². The molecule has 0 aromatic heterocycles. The standard InChI is InChI=1S/C19H24FN/c1-14(2)16-10-8-15(9-11-16)12-19(3,13-21)17-6-4-5-7-18(17)20/h4-11,14H,12-13,21H2,1-3H3. The first-order valence-electron chi connectivity index (χ1n) is 7.50. The highest BCUT2D eigenvalue weighted by atomic mass is 19.1. The first kappa shape index (κ1) is 15.7. The van der Waals surface area contributed by atoms with Gasteiger partial charge in [0.1, 0.15) is 5.82 Å². The Balaban J connectivity index is 2.28. The largest absolute Gasteiger partial charge is 0.330 e. The van der Waals surface area contributed by atoms with Crippen LogP contribution in [-0.4, -0.2) is 6.54 Å². The van der Waals surface area contributed by atoms with Crippen molar-refractivity contribution in [2.45, 2.75) is 38.5 Å². The molecule has 0 heterocycles. The zero-order valence-electron chi connectivity index (χ0n) is 13.1. The number of rotatable bonds is 5. The van der Waals surface area contributed by atoms with Crippen LogP contribution >= 0.6 is 0 Å². The average Bonchev–Trinajstić information content (AvgIpc) is 2.48. The SMILES string of the molecule is CC(C)c1ccc(CC(C)(CN)c2ccccc2F)cc1. The van der Waals surface area contributed by atoms with E-state index in [9.17, 15) is 4.39 Å². The van der Waals surface area contributed by atoms with Crippen LogP contribution in [0.15, 0.2) is 48.5 Å². The quantitative estimate of drug-likeness (QED) is 0.865. The number of benzene rings is 2. The fourth-order valence-corrected chi connectivity index (χ4v) is 2.70. The highest BCUT2D eigenvalue weighted by Gasteiger charge is 2.28. The third kappa shape index (κ3) is 3.51. The van der Waals surface area contributed by atoms with Crippen molar-refractivity contribution in [3.05, 3.63) is 71.0 Å². The summed E-state index contributed by atoms with van der Waals surface area (Å²) in [6.07, 6.45) is 0.739. The molecule has 0 amide bonds. The lowest BCUT2D eigenvalue weighted by molar-refractivity contribution is 0.450. The van der Waals surface area contributed by atoms with Gasteiger partial charge >= 0.3 is 0 Å². The predicted octanol–water partition coefficient (Wildman–Crippen LogP) is 4.41. The highest BCUT2D eigenvalue weighted by molar-refractivity contribution is 5.32. The second kappa shape index (κ2) is 6.40. The molecule has 112 valence electrons. The summed E-state index contributed by atoms with van der Waals surface area (Å²) >= 11 is 0. The van der Waals surface area contributed by atoms with Gasteiger partial charge in [-0.3, -0.25) is 0 Å². The lowest BCUT2D eigenvalue weighted by atomic mass is 9.77. The van der Waals surface area contributed by atoms with Crippen molar-refractivity contribution in [1.29, 1.82) is 0 Å². The average molecular weight is 285 g/mol. The molecular weight excluding hydrogens is 261 g/mol. The van der Waals surface area contributed by atoms with Crippen LogP contribution in [0.4, 0.5) is 4.39 Å². The Morgan fingerprint density at radius 2 is 1.67 bits per heavy atom. The van der Waals surface area contributed by atoms with E-state index in [0.717, 1.165) is 6.42 Å². The van der Waals surface area contributed by atoms with Gasteiger partial charge in [0.15, 0.2) is 0 Å². The van der Waals surface area contributed by atoms with Crippen molar-refractivity contribution in [2.75, 3.05) is 6.54 Å². The summed E-state index contributed by atoms with van der Waals surface area (Å²) in [6, 6.07) is 15.5. The van der Waals surface area contributed by atoms with Crippen LogP contribution in [0.25, 0.3) is 0 Å². The molecule has 2 heteroatoms. The number of halogens is 1. The molecular formula is C19H24FN. The maximum atomic E-state index is 14.1. The lowest BCUT2D eigenvalue weighted by Crippen LogP contribution is -2.35. The summed E-state index contributed by atoms with van der Waals surface area (Å²) < 4.78 is 14.1. The third-order valence-corrected chi connectivity index (χ3v) is 4.22. The first-order chi connectivity index (χ1) is 9.96. The van der Waals surface area contributed by atoms with E-state index in [-0.39, 0.29) is 11.2 Å². The molecule has 2 aromatic carbocycles. The molecule has 0 bridgehead atoms. The highest BCUT2D eigenvalue weighted by Crippen LogP contribution is 2.29. The van der Waals surface area contributed by atoms with Crippen molar-refractivity contribution in [2.24, 2.45) is 5.73 Å². The van der Waals surface area contributed by atoms with Gasteiger partial charge in [0.2, 0.25) is 0 Å². The molecule has 0 aliphatic rings. The zero-order chi connectivity index (χ0) is 15.5. The molecule has 1 nitrogen and oxygen atoms in total. The van der Waals surface area contributed by atoms with Crippen LogP contribution in [0, 0.1) is 5.82 Å². The Kier molecular flexibility index (Phi) is 4.79.